The van der Waals surface area contributed by atoms with Gasteiger partial charge in [0.05, 0.1) is 17.3 Å². The van der Waals surface area contributed by atoms with Crippen molar-refractivity contribution in [2.75, 3.05) is 5.32 Å². The zero-order chi connectivity index (χ0) is 20.5. The SMILES string of the molecule is C=C1NC(=O)N[C@H](c2cccc(Cl)c2)[C@H]1C(=O)Nc1ccccc1C(F)(F)F. The molecule has 1 aliphatic heterocycles. The minimum Gasteiger partial charge on any atom is -0.330 e. The zero-order valence-corrected chi connectivity index (χ0v) is 15.1. The Kier molecular flexibility index (Phi) is 5.33. The Labute approximate surface area is 163 Å². The lowest BCUT2D eigenvalue weighted by molar-refractivity contribution is -0.137. The Balaban J connectivity index is 1.94. The molecule has 1 heterocycles. The van der Waals surface area contributed by atoms with Crippen molar-refractivity contribution in [2.24, 2.45) is 5.92 Å². The highest BCUT2D eigenvalue weighted by atomic mass is 35.5. The van der Waals surface area contributed by atoms with Crippen molar-refractivity contribution in [3.63, 3.8) is 0 Å². The molecule has 2 aromatic rings. The summed E-state index contributed by atoms with van der Waals surface area (Å²) in [6, 6.07) is 9.71. The molecule has 0 spiro atoms. The number of anilines is 1. The predicted octanol–water partition coefficient (Wildman–Crippen LogP) is 4.48. The fourth-order valence-corrected chi connectivity index (χ4v) is 3.22. The molecular formula is C19H15ClF3N3O2. The Morgan fingerprint density at radius 3 is 2.54 bits per heavy atom. The number of para-hydroxylation sites is 1. The van der Waals surface area contributed by atoms with Crippen LogP contribution in [0.25, 0.3) is 0 Å². The van der Waals surface area contributed by atoms with Crippen molar-refractivity contribution in [1.29, 1.82) is 0 Å². The maximum absolute atomic E-state index is 13.2. The summed E-state index contributed by atoms with van der Waals surface area (Å²) in [6.07, 6.45) is -4.63. The number of amides is 3. The van der Waals surface area contributed by atoms with Gasteiger partial charge in [-0.25, -0.2) is 4.79 Å². The van der Waals surface area contributed by atoms with E-state index >= 15 is 0 Å². The number of hydrogen-bond donors (Lipinski definition) is 3. The number of urea groups is 1. The van der Waals surface area contributed by atoms with E-state index in [1.807, 2.05) is 0 Å². The van der Waals surface area contributed by atoms with Crippen LogP contribution in [0.1, 0.15) is 17.2 Å². The van der Waals surface area contributed by atoms with Crippen LogP contribution in [0.4, 0.5) is 23.7 Å². The molecule has 3 rings (SSSR count). The summed E-state index contributed by atoms with van der Waals surface area (Å²) in [6.45, 7) is 3.69. The molecule has 0 aromatic heterocycles. The molecule has 2 atom stereocenters. The second-order valence-electron chi connectivity index (χ2n) is 6.17. The molecule has 0 aliphatic carbocycles. The van der Waals surface area contributed by atoms with Crippen molar-refractivity contribution in [1.82, 2.24) is 10.6 Å². The monoisotopic (exact) mass is 409 g/mol. The van der Waals surface area contributed by atoms with Crippen LogP contribution in [-0.4, -0.2) is 11.9 Å². The quantitative estimate of drug-likeness (QED) is 0.699. The number of halogens is 4. The van der Waals surface area contributed by atoms with Crippen molar-refractivity contribution in [2.45, 2.75) is 12.2 Å². The fraction of sp³-hybridized carbons (Fsp3) is 0.158. The third kappa shape index (κ3) is 4.12. The normalized spacial score (nSPS) is 19.6. The molecule has 3 amide bonds. The average molecular weight is 410 g/mol. The molecule has 0 unspecified atom stereocenters. The molecule has 3 N–H and O–H groups in total. The molecule has 2 aromatic carbocycles. The first-order valence-corrected chi connectivity index (χ1v) is 8.53. The van der Waals surface area contributed by atoms with Crippen molar-refractivity contribution >= 4 is 29.2 Å². The third-order valence-electron chi connectivity index (χ3n) is 4.25. The van der Waals surface area contributed by atoms with Crippen LogP contribution in [0.2, 0.25) is 5.02 Å². The molecule has 28 heavy (non-hydrogen) atoms. The van der Waals surface area contributed by atoms with Crippen LogP contribution in [0.15, 0.2) is 60.8 Å². The number of benzene rings is 2. The maximum atomic E-state index is 13.2. The van der Waals surface area contributed by atoms with Gasteiger partial charge in [0.15, 0.2) is 0 Å². The van der Waals surface area contributed by atoms with E-state index in [1.165, 1.54) is 12.1 Å². The number of rotatable bonds is 3. The highest BCUT2D eigenvalue weighted by Gasteiger charge is 2.39. The van der Waals surface area contributed by atoms with Crippen molar-refractivity contribution < 1.29 is 22.8 Å². The third-order valence-corrected chi connectivity index (χ3v) is 4.49. The first-order chi connectivity index (χ1) is 13.2. The summed E-state index contributed by atoms with van der Waals surface area (Å²) >= 11 is 5.99. The summed E-state index contributed by atoms with van der Waals surface area (Å²) in [7, 11) is 0. The Bertz CT molecular complexity index is 946. The molecule has 146 valence electrons. The number of carbonyl (C=O) groups excluding carboxylic acids is 2. The standard InChI is InChI=1S/C19H15ClF3N3O2/c1-10-15(16(26-18(28)24-10)11-5-4-6-12(20)9-11)17(27)25-14-8-3-2-7-13(14)19(21,22)23/h2-9,15-16H,1H2,(H,25,27)(H2,24,26,28)/t15-,16+/m0/s1. The fourth-order valence-electron chi connectivity index (χ4n) is 3.02. The van der Waals surface area contributed by atoms with Crippen LogP contribution in [-0.2, 0) is 11.0 Å². The molecule has 0 bridgehead atoms. The van der Waals surface area contributed by atoms with E-state index in [1.54, 1.807) is 24.3 Å². The van der Waals surface area contributed by atoms with Crippen LogP contribution in [0, 0.1) is 5.92 Å². The highest BCUT2D eigenvalue weighted by molar-refractivity contribution is 6.30. The second kappa shape index (κ2) is 7.55. The lowest BCUT2D eigenvalue weighted by atomic mass is 9.88. The van der Waals surface area contributed by atoms with Gasteiger partial charge in [0, 0.05) is 10.7 Å². The van der Waals surface area contributed by atoms with E-state index in [4.69, 9.17) is 11.6 Å². The molecule has 1 aliphatic rings. The summed E-state index contributed by atoms with van der Waals surface area (Å²) in [5.74, 6) is -1.81. The molecule has 9 heteroatoms. The Morgan fingerprint density at radius 2 is 1.86 bits per heavy atom. The van der Waals surface area contributed by atoms with Gasteiger partial charge in [-0.2, -0.15) is 13.2 Å². The molecule has 0 saturated carbocycles. The van der Waals surface area contributed by atoms with E-state index in [9.17, 15) is 22.8 Å². The van der Waals surface area contributed by atoms with Crippen molar-refractivity contribution in [3.05, 3.63) is 77.0 Å². The topological polar surface area (TPSA) is 70.2 Å². The number of alkyl halides is 3. The molecule has 1 fully saturated rings. The smallest absolute Gasteiger partial charge is 0.330 e. The summed E-state index contributed by atoms with van der Waals surface area (Å²) in [4.78, 5) is 24.7. The van der Waals surface area contributed by atoms with Gasteiger partial charge >= 0.3 is 12.2 Å². The first-order valence-electron chi connectivity index (χ1n) is 8.15. The van der Waals surface area contributed by atoms with E-state index in [0.29, 0.717) is 10.6 Å². The van der Waals surface area contributed by atoms with Gasteiger partial charge in [0.2, 0.25) is 5.91 Å². The van der Waals surface area contributed by atoms with Crippen LogP contribution < -0.4 is 16.0 Å². The van der Waals surface area contributed by atoms with Crippen LogP contribution >= 0.6 is 11.6 Å². The largest absolute Gasteiger partial charge is 0.418 e. The Morgan fingerprint density at radius 1 is 1.14 bits per heavy atom. The van der Waals surface area contributed by atoms with E-state index < -0.39 is 35.6 Å². The van der Waals surface area contributed by atoms with Gasteiger partial charge in [-0.3, -0.25) is 4.79 Å². The maximum Gasteiger partial charge on any atom is 0.418 e. The average Bonchev–Trinajstić information content (AvgIpc) is 2.60. The molecular weight excluding hydrogens is 395 g/mol. The first kappa shape index (κ1) is 19.8. The van der Waals surface area contributed by atoms with E-state index in [2.05, 4.69) is 22.5 Å². The minimum absolute atomic E-state index is 0.0655. The molecule has 1 saturated heterocycles. The number of nitrogens with one attached hydrogen (secondary N) is 3. The van der Waals surface area contributed by atoms with Gasteiger partial charge in [-0.05, 0) is 29.8 Å². The van der Waals surface area contributed by atoms with E-state index in [0.717, 1.165) is 12.1 Å². The van der Waals surface area contributed by atoms with Gasteiger partial charge in [-0.1, -0.05) is 42.4 Å². The van der Waals surface area contributed by atoms with Gasteiger partial charge in [-0.15, -0.1) is 0 Å². The number of hydrogen-bond acceptors (Lipinski definition) is 2. The van der Waals surface area contributed by atoms with Gasteiger partial charge in [0.1, 0.15) is 5.92 Å². The van der Waals surface area contributed by atoms with E-state index in [-0.39, 0.29) is 11.4 Å². The highest BCUT2D eigenvalue weighted by Crippen LogP contribution is 2.36. The Hall–Kier alpha value is -3.00. The predicted molar refractivity (Wildman–Crippen MR) is 98.6 cm³/mol. The molecule has 0 radical (unpaired) electrons. The summed E-state index contributed by atoms with van der Waals surface area (Å²) in [5, 5.41) is 7.68. The lowest BCUT2D eigenvalue weighted by Gasteiger charge is -2.34. The van der Waals surface area contributed by atoms with Crippen molar-refractivity contribution in [3.8, 4) is 0 Å². The van der Waals surface area contributed by atoms with Gasteiger partial charge in [0.25, 0.3) is 0 Å². The van der Waals surface area contributed by atoms with Crippen LogP contribution in [0.3, 0.4) is 0 Å². The summed E-state index contributed by atoms with van der Waals surface area (Å²) < 4.78 is 39.6. The molecule has 5 nitrogen and oxygen atoms in total. The minimum atomic E-state index is -4.63. The second-order valence-corrected chi connectivity index (χ2v) is 6.60. The lowest BCUT2D eigenvalue weighted by Crippen LogP contribution is -2.51. The number of carbonyl (C=O) groups is 2. The van der Waals surface area contributed by atoms with Crippen LogP contribution in [0.5, 0.6) is 0 Å². The summed E-state index contributed by atoms with van der Waals surface area (Å²) in [5.41, 5.74) is -0.765. The zero-order valence-electron chi connectivity index (χ0n) is 14.3. The van der Waals surface area contributed by atoms with Gasteiger partial charge < -0.3 is 16.0 Å².